The van der Waals surface area contributed by atoms with Crippen molar-refractivity contribution in [2.75, 3.05) is 0 Å². The summed E-state index contributed by atoms with van der Waals surface area (Å²) in [6.07, 6.45) is 18.7. The van der Waals surface area contributed by atoms with Gasteiger partial charge in [0.15, 0.2) is 0 Å². The van der Waals surface area contributed by atoms with Crippen LogP contribution in [0.25, 0.3) is 0 Å². The SMILES string of the molecule is C1CC2CCC1CC2.C1CC2CCC1CC2.F[B-](F)(F)F.F[B-](F)(F)F. The fourth-order valence-corrected chi connectivity index (χ4v) is 4.56. The molecule has 0 aliphatic heterocycles. The van der Waals surface area contributed by atoms with E-state index in [2.05, 4.69) is 0 Å². The molecule has 0 saturated heterocycles. The van der Waals surface area contributed by atoms with E-state index >= 15 is 0 Å². The van der Waals surface area contributed by atoms with Gasteiger partial charge in [-0.2, -0.15) is 0 Å². The molecule has 0 atom stereocenters. The number of hydrogen-bond acceptors (Lipinski definition) is 0. The van der Waals surface area contributed by atoms with E-state index in [1.807, 2.05) is 0 Å². The van der Waals surface area contributed by atoms with Crippen molar-refractivity contribution < 1.29 is 34.5 Å². The van der Waals surface area contributed by atoms with Crippen molar-refractivity contribution in [2.45, 2.75) is 77.0 Å². The van der Waals surface area contributed by atoms with Crippen LogP contribution in [-0.4, -0.2) is 14.5 Å². The molecule has 0 unspecified atom stereocenters. The quantitative estimate of drug-likeness (QED) is 0.291. The maximum Gasteiger partial charge on any atom is 0.673 e. The molecule has 0 aromatic rings. The normalized spacial score (nSPS) is 32.3. The first-order valence-corrected chi connectivity index (χ1v) is 9.64. The van der Waals surface area contributed by atoms with Gasteiger partial charge in [-0.15, -0.1) is 0 Å². The van der Waals surface area contributed by atoms with Crippen molar-refractivity contribution in [1.82, 2.24) is 0 Å². The number of hydrogen-bond donors (Lipinski definition) is 0. The molecule has 26 heavy (non-hydrogen) atoms. The van der Waals surface area contributed by atoms with Crippen LogP contribution in [0.15, 0.2) is 0 Å². The summed E-state index contributed by atoms with van der Waals surface area (Å²) in [4.78, 5) is 0. The molecule has 0 aromatic carbocycles. The zero-order chi connectivity index (χ0) is 19.8. The Morgan fingerprint density at radius 2 is 0.385 bits per heavy atom. The van der Waals surface area contributed by atoms with Gasteiger partial charge >= 0.3 is 14.5 Å². The summed E-state index contributed by atoms with van der Waals surface area (Å²) >= 11 is 0. The number of rotatable bonds is 0. The molecule has 6 rings (SSSR count). The van der Waals surface area contributed by atoms with Crippen molar-refractivity contribution in [3.8, 4) is 0 Å². The lowest BCUT2D eigenvalue weighted by molar-refractivity contribution is 0.176. The van der Waals surface area contributed by atoms with Gasteiger partial charge in [0.05, 0.1) is 0 Å². The molecule has 6 saturated carbocycles. The molecule has 0 aromatic heterocycles. The standard InChI is InChI=1S/2C8H14.2BF4/c2*1-2-8-5-3-7(1)4-6-8;2*2-1(3,4)5/h2*7-8H,1-6H2;;/q;;2*-1. The first kappa shape index (κ1) is 23.6. The first-order chi connectivity index (χ1) is 11.9. The van der Waals surface area contributed by atoms with Crippen molar-refractivity contribution in [3.05, 3.63) is 0 Å². The molecular formula is C16H28B2F8-2. The van der Waals surface area contributed by atoms with E-state index in [1.54, 1.807) is 77.0 Å². The monoisotopic (exact) mass is 394 g/mol. The van der Waals surface area contributed by atoms with Gasteiger partial charge in [0.2, 0.25) is 0 Å². The Morgan fingerprint density at radius 3 is 0.423 bits per heavy atom. The van der Waals surface area contributed by atoms with Crippen molar-refractivity contribution in [2.24, 2.45) is 23.7 Å². The van der Waals surface area contributed by atoms with Crippen LogP contribution >= 0.6 is 0 Å². The van der Waals surface area contributed by atoms with E-state index < -0.39 is 14.5 Å². The summed E-state index contributed by atoms with van der Waals surface area (Å²) < 4.78 is 78.0. The molecule has 6 fully saturated rings. The van der Waals surface area contributed by atoms with Crippen LogP contribution in [0, 0.1) is 23.7 Å². The molecule has 6 aliphatic carbocycles. The highest BCUT2D eigenvalue weighted by Crippen LogP contribution is 2.41. The van der Waals surface area contributed by atoms with Crippen molar-refractivity contribution >= 4 is 14.5 Å². The van der Waals surface area contributed by atoms with Crippen LogP contribution in [-0.2, 0) is 0 Å². The molecule has 6 aliphatic rings. The number of halogens is 8. The Hall–Kier alpha value is -0.430. The largest absolute Gasteiger partial charge is 0.673 e. The highest BCUT2D eigenvalue weighted by atomic mass is 19.5. The van der Waals surface area contributed by atoms with Crippen LogP contribution in [0.5, 0.6) is 0 Å². The predicted octanol–water partition coefficient (Wildman–Crippen LogP) is 7.77. The van der Waals surface area contributed by atoms with Gasteiger partial charge < -0.3 is 34.5 Å². The minimum atomic E-state index is -6.00. The second-order valence-electron chi connectivity index (χ2n) is 7.92. The highest BCUT2D eigenvalue weighted by Gasteiger charge is 2.27. The second kappa shape index (κ2) is 10.8. The first-order valence-electron chi connectivity index (χ1n) is 9.64. The lowest BCUT2D eigenvalue weighted by Gasteiger charge is -2.35. The third kappa shape index (κ3) is 13.7. The van der Waals surface area contributed by atoms with E-state index in [1.165, 1.54) is 0 Å². The molecule has 0 heterocycles. The Balaban J connectivity index is 0.000000180. The molecular weight excluding hydrogens is 366 g/mol. The van der Waals surface area contributed by atoms with Crippen LogP contribution in [0.3, 0.4) is 0 Å². The molecule has 4 bridgehead atoms. The van der Waals surface area contributed by atoms with Gasteiger partial charge in [-0.05, 0) is 23.7 Å². The lowest BCUT2D eigenvalue weighted by atomic mass is 9.71. The maximum atomic E-state index is 9.75. The smallest absolute Gasteiger partial charge is 0.418 e. The summed E-state index contributed by atoms with van der Waals surface area (Å²) in [5.41, 5.74) is 0. The summed E-state index contributed by atoms with van der Waals surface area (Å²) in [7, 11) is -12.0. The van der Waals surface area contributed by atoms with Crippen LogP contribution in [0.4, 0.5) is 34.5 Å². The highest BCUT2D eigenvalue weighted by molar-refractivity contribution is 6.50. The van der Waals surface area contributed by atoms with E-state index in [4.69, 9.17) is 0 Å². The summed E-state index contributed by atoms with van der Waals surface area (Å²) in [5, 5.41) is 0. The van der Waals surface area contributed by atoms with E-state index in [-0.39, 0.29) is 0 Å². The molecule has 156 valence electrons. The minimum Gasteiger partial charge on any atom is -0.418 e. The van der Waals surface area contributed by atoms with Crippen molar-refractivity contribution in [3.63, 3.8) is 0 Å². The second-order valence-corrected chi connectivity index (χ2v) is 7.92. The summed E-state index contributed by atoms with van der Waals surface area (Å²) in [6.45, 7) is 0. The van der Waals surface area contributed by atoms with E-state index in [0.717, 1.165) is 23.7 Å². The fraction of sp³-hybridized carbons (Fsp3) is 1.00. The van der Waals surface area contributed by atoms with E-state index in [0.29, 0.717) is 0 Å². The molecule has 0 amide bonds. The maximum absolute atomic E-state index is 9.75. The zero-order valence-corrected chi connectivity index (χ0v) is 15.0. The molecule has 10 heteroatoms. The van der Waals surface area contributed by atoms with Gasteiger partial charge in [0.1, 0.15) is 0 Å². The molecule has 0 nitrogen and oxygen atoms in total. The van der Waals surface area contributed by atoms with Crippen molar-refractivity contribution in [1.29, 1.82) is 0 Å². The fourth-order valence-electron chi connectivity index (χ4n) is 4.56. The van der Waals surface area contributed by atoms with Gasteiger partial charge in [-0.25, -0.2) is 0 Å². The Morgan fingerprint density at radius 1 is 0.308 bits per heavy atom. The zero-order valence-electron chi connectivity index (χ0n) is 15.0. The minimum absolute atomic E-state index is 1.15. The predicted molar refractivity (Wildman–Crippen MR) is 89.7 cm³/mol. The van der Waals surface area contributed by atoms with Gasteiger partial charge in [-0.3, -0.25) is 0 Å². The average Bonchev–Trinajstić information content (AvgIpc) is 2.56. The van der Waals surface area contributed by atoms with Gasteiger partial charge in [0.25, 0.3) is 0 Å². The average molecular weight is 394 g/mol. The molecule has 0 N–H and O–H groups in total. The molecule has 0 spiro atoms. The Labute approximate surface area is 150 Å². The Kier molecular flexibility index (Phi) is 9.80. The van der Waals surface area contributed by atoms with Crippen LogP contribution in [0.1, 0.15) is 77.0 Å². The molecule has 0 radical (unpaired) electrons. The van der Waals surface area contributed by atoms with E-state index in [9.17, 15) is 34.5 Å². The summed E-state index contributed by atoms with van der Waals surface area (Å²) in [6, 6.07) is 0. The Bertz CT molecular complexity index is 275. The number of fused-ring (bicyclic) bond motifs is 6. The lowest BCUT2D eigenvalue weighted by Crippen LogP contribution is -2.21. The third-order valence-electron chi connectivity index (χ3n) is 5.90. The van der Waals surface area contributed by atoms with Crippen LogP contribution < -0.4 is 0 Å². The summed E-state index contributed by atoms with van der Waals surface area (Å²) in [5.74, 6) is 4.61. The topological polar surface area (TPSA) is 0 Å². The van der Waals surface area contributed by atoms with Gasteiger partial charge in [-0.1, -0.05) is 77.0 Å². The third-order valence-corrected chi connectivity index (χ3v) is 5.90. The van der Waals surface area contributed by atoms with Gasteiger partial charge in [0, 0.05) is 0 Å². The van der Waals surface area contributed by atoms with Crippen LogP contribution in [0.2, 0.25) is 0 Å².